The quantitative estimate of drug-likeness (QED) is 0.839. The highest BCUT2D eigenvalue weighted by Gasteiger charge is 2.04. The highest BCUT2D eigenvalue weighted by atomic mass is 16.6. The summed E-state index contributed by atoms with van der Waals surface area (Å²) in [5, 5.41) is 11.4. The molecular weight excluding hydrogens is 234 g/mol. The van der Waals surface area contributed by atoms with Gasteiger partial charge >= 0.3 is 12.1 Å². The zero-order valence-corrected chi connectivity index (χ0v) is 10.5. The van der Waals surface area contributed by atoms with Crippen LogP contribution in [0.4, 0.5) is 4.79 Å². The first kappa shape index (κ1) is 14.0. The van der Waals surface area contributed by atoms with Gasteiger partial charge in [0.05, 0.1) is 11.7 Å². The first-order valence-corrected chi connectivity index (χ1v) is 5.75. The summed E-state index contributed by atoms with van der Waals surface area (Å²) in [6, 6.07) is 6.56. The van der Waals surface area contributed by atoms with Gasteiger partial charge in [-0.3, -0.25) is 0 Å². The van der Waals surface area contributed by atoms with Crippen LogP contribution in [-0.4, -0.2) is 29.8 Å². The van der Waals surface area contributed by atoms with Gasteiger partial charge in [0.15, 0.2) is 0 Å². The molecule has 0 unspecified atom stereocenters. The van der Waals surface area contributed by atoms with Crippen molar-refractivity contribution < 1.29 is 19.4 Å². The average Bonchev–Trinajstić information content (AvgIpc) is 2.28. The maximum atomic E-state index is 11.2. The third-order valence-electron chi connectivity index (χ3n) is 2.23. The topological polar surface area (TPSA) is 75.6 Å². The van der Waals surface area contributed by atoms with Gasteiger partial charge in [-0.05, 0) is 38.0 Å². The number of benzene rings is 1. The van der Waals surface area contributed by atoms with Gasteiger partial charge in [-0.15, -0.1) is 0 Å². The van der Waals surface area contributed by atoms with E-state index >= 15 is 0 Å². The Kier molecular flexibility index (Phi) is 5.17. The molecule has 0 fully saturated rings. The molecular formula is C13H17NO4. The summed E-state index contributed by atoms with van der Waals surface area (Å²) in [5.41, 5.74) is 1.22. The highest BCUT2D eigenvalue weighted by molar-refractivity contribution is 5.87. The number of aromatic carboxylic acids is 1. The number of carbonyl (C=O) groups excluding carboxylic acids is 1. The van der Waals surface area contributed by atoms with Crippen LogP contribution >= 0.6 is 0 Å². The Hall–Kier alpha value is -2.04. The fraction of sp³-hybridized carbons (Fsp3) is 0.385. The molecule has 1 aromatic rings. The van der Waals surface area contributed by atoms with E-state index in [0.717, 1.165) is 5.56 Å². The molecule has 18 heavy (non-hydrogen) atoms. The minimum absolute atomic E-state index is 0.139. The van der Waals surface area contributed by atoms with Gasteiger partial charge in [-0.25, -0.2) is 9.59 Å². The van der Waals surface area contributed by atoms with Crippen LogP contribution in [0.2, 0.25) is 0 Å². The molecule has 1 amide bonds. The number of hydrogen-bond acceptors (Lipinski definition) is 3. The van der Waals surface area contributed by atoms with E-state index in [1.165, 1.54) is 0 Å². The first-order chi connectivity index (χ1) is 8.49. The number of alkyl carbamates (subject to hydrolysis) is 1. The number of carbonyl (C=O) groups is 2. The fourth-order valence-corrected chi connectivity index (χ4v) is 1.38. The smallest absolute Gasteiger partial charge is 0.407 e. The van der Waals surface area contributed by atoms with Gasteiger partial charge in [0.1, 0.15) is 0 Å². The molecule has 0 radical (unpaired) electrons. The van der Waals surface area contributed by atoms with Gasteiger partial charge in [-0.2, -0.15) is 0 Å². The van der Waals surface area contributed by atoms with Crippen LogP contribution in [0.3, 0.4) is 0 Å². The average molecular weight is 251 g/mol. The summed E-state index contributed by atoms with van der Waals surface area (Å²) in [5.74, 6) is -0.944. The van der Waals surface area contributed by atoms with E-state index in [4.69, 9.17) is 9.84 Å². The van der Waals surface area contributed by atoms with Crippen LogP contribution in [-0.2, 0) is 11.2 Å². The van der Waals surface area contributed by atoms with Crippen molar-refractivity contribution in [3.05, 3.63) is 35.4 Å². The lowest BCUT2D eigenvalue weighted by molar-refractivity contribution is 0.0696. The molecule has 0 bridgehead atoms. The zero-order valence-electron chi connectivity index (χ0n) is 10.5. The Morgan fingerprint density at radius 1 is 1.28 bits per heavy atom. The molecule has 0 saturated heterocycles. The third-order valence-corrected chi connectivity index (χ3v) is 2.23. The minimum atomic E-state index is -0.944. The Labute approximate surface area is 106 Å². The summed E-state index contributed by atoms with van der Waals surface area (Å²) >= 11 is 0. The summed E-state index contributed by atoms with van der Waals surface area (Å²) in [6.07, 6.45) is 0.0552. The van der Waals surface area contributed by atoms with Crippen molar-refractivity contribution in [3.8, 4) is 0 Å². The number of amides is 1. The SMILES string of the molecule is CC(C)OC(=O)NCCc1ccc(C(=O)O)cc1. The molecule has 0 saturated carbocycles. The lowest BCUT2D eigenvalue weighted by atomic mass is 10.1. The number of hydrogen-bond donors (Lipinski definition) is 2. The molecule has 0 aromatic heterocycles. The third kappa shape index (κ3) is 4.86. The van der Waals surface area contributed by atoms with Crippen molar-refractivity contribution >= 4 is 12.1 Å². The van der Waals surface area contributed by atoms with Crippen LogP contribution in [0.15, 0.2) is 24.3 Å². The van der Waals surface area contributed by atoms with Crippen molar-refractivity contribution in [2.75, 3.05) is 6.54 Å². The van der Waals surface area contributed by atoms with Gasteiger partial charge in [-0.1, -0.05) is 12.1 Å². The Morgan fingerprint density at radius 3 is 2.39 bits per heavy atom. The predicted molar refractivity (Wildman–Crippen MR) is 66.7 cm³/mol. The maximum absolute atomic E-state index is 11.2. The molecule has 5 heteroatoms. The van der Waals surface area contributed by atoms with Gasteiger partial charge in [0.25, 0.3) is 0 Å². The highest BCUT2D eigenvalue weighted by Crippen LogP contribution is 2.04. The monoisotopic (exact) mass is 251 g/mol. The number of carboxylic acid groups (broad SMARTS) is 1. The first-order valence-electron chi connectivity index (χ1n) is 5.75. The maximum Gasteiger partial charge on any atom is 0.407 e. The van der Waals surface area contributed by atoms with Crippen molar-refractivity contribution in [1.82, 2.24) is 5.32 Å². The molecule has 2 N–H and O–H groups in total. The number of nitrogens with one attached hydrogen (secondary N) is 1. The number of rotatable bonds is 5. The van der Waals surface area contributed by atoms with Crippen LogP contribution in [0.5, 0.6) is 0 Å². The fourth-order valence-electron chi connectivity index (χ4n) is 1.38. The minimum Gasteiger partial charge on any atom is -0.478 e. The molecule has 0 heterocycles. The molecule has 1 aromatic carbocycles. The van der Waals surface area contributed by atoms with Crippen LogP contribution < -0.4 is 5.32 Å². The molecule has 0 spiro atoms. The molecule has 0 aliphatic heterocycles. The van der Waals surface area contributed by atoms with E-state index in [2.05, 4.69) is 5.32 Å². The molecule has 0 aliphatic carbocycles. The lowest BCUT2D eigenvalue weighted by Crippen LogP contribution is -2.28. The van der Waals surface area contributed by atoms with E-state index in [0.29, 0.717) is 13.0 Å². The van der Waals surface area contributed by atoms with Crippen LogP contribution in [0, 0.1) is 0 Å². The zero-order chi connectivity index (χ0) is 13.5. The summed E-state index contributed by atoms with van der Waals surface area (Å²) in [7, 11) is 0. The number of ether oxygens (including phenoxy) is 1. The second-order valence-electron chi connectivity index (χ2n) is 4.13. The van der Waals surface area contributed by atoms with Crippen molar-refractivity contribution in [2.24, 2.45) is 0 Å². The Morgan fingerprint density at radius 2 is 1.89 bits per heavy atom. The van der Waals surface area contributed by atoms with Crippen molar-refractivity contribution in [2.45, 2.75) is 26.4 Å². The van der Waals surface area contributed by atoms with E-state index in [1.807, 2.05) is 0 Å². The second-order valence-corrected chi connectivity index (χ2v) is 4.13. The molecule has 98 valence electrons. The Balaban J connectivity index is 2.35. The standard InChI is InChI=1S/C13H17NO4/c1-9(2)18-13(17)14-8-7-10-3-5-11(6-4-10)12(15)16/h3-6,9H,7-8H2,1-2H3,(H,14,17)(H,15,16). The van der Waals surface area contributed by atoms with Crippen LogP contribution in [0.25, 0.3) is 0 Å². The normalized spacial score (nSPS) is 10.2. The Bertz CT molecular complexity index is 412. The van der Waals surface area contributed by atoms with Gasteiger partial charge in [0, 0.05) is 6.54 Å². The predicted octanol–water partition coefficient (Wildman–Crippen LogP) is 2.06. The molecule has 0 aliphatic rings. The van der Waals surface area contributed by atoms with Crippen molar-refractivity contribution in [1.29, 1.82) is 0 Å². The van der Waals surface area contributed by atoms with E-state index in [1.54, 1.807) is 38.1 Å². The number of carboxylic acids is 1. The molecule has 5 nitrogen and oxygen atoms in total. The summed E-state index contributed by atoms with van der Waals surface area (Å²) in [6.45, 7) is 4.02. The van der Waals surface area contributed by atoms with Gasteiger partial charge < -0.3 is 15.2 Å². The molecule has 0 atom stereocenters. The van der Waals surface area contributed by atoms with Crippen molar-refractivity contribution in [3.63, 3.8) is 0 Å². The second kappa shape index (κ2) is 6.64. The van der Waals surface area contributed by atoms with E-state index in [9.17, 15) is 9.59 Å². The molecule has 1 rings (SSSR count). The summed E-state index contributed by atoms with van der Waals surface area (Å²) < 4.78 is 4.91. The summed E-state index contributed by atoms with van der Waals surface area (Å²) in [4.78, 5) is 21.8. The van der Waals surface area contributed by atoms with Gasteiger partial charge in [0.2, 0.25) is 0 Å². The van der Waals surface area contributed by atoms with E-state index in [-0.39, 0.29) is 11.7 Å². The lowest BCUT2D eigenvalue weighted by Gasteiger charge is -2.09. The van der Waals surface area contributed by atoms with Crippen LogP contribution in [0.1, 0.15) is 29.8 Å². The largest absolute Gasteiger partial charge is 0.478 e. The van der Waals surface area contributed by atoms with E-state index < -0.39 is 12.1 Å².